The van der Waals surface area contributed by atoms with E-state index in [0.29, 0.717) is 6.61 Å². The quantitative estimate of drug-likeness (QED) is 0.220. The largest absolute Gasteiger partial charge is 0.346 e. The van der Waals surface area contributed by atoms with E-state index in [1.807, 2.05) is 60.7 Å². The minimum Gasteiger partial charge on any atom is -0.346 e. The molecule has 0 bridgehead atoms. The Morgan fingerprint density at radius 1 is 0.804 bits per heavy atom. The highest BCUT2D eigenvalue weighted by molar-refractivity contribution is 7.68. The summed E-state index contributed by atoms with van der Waals surface area (Å²) in [6, 6.07) is 32.3. The highest BCUT2D eigenvalue weighted by Crippen LogP contribution is 2.44. The molecule has 0 spiro atoms. The molecule has 2 heterocycles. The molecule has 1 N–H and O–H groups in total. The van der Waals surface area contributed by atoms with Gasteiger partial charge in [0.25, 0.3) is 0 Å². The van der Waals surface area contributed by atoms with Gasteiger partial charge in [-0.15, -0.1) is 0 Å². The van der Waals surface area contributed by atoms with Crippen LogP contribution in [0.4, 0.5) is 0 Å². The molecule has 0 radical (unpaired) electrons. The first-order chi connectivity index (χ1) is 22.2. The third-order valence-corrected chi connectivity index (χ3v) is 10.1. The SMILES string of the molecule is CC(=O)N[C@H]1[C@@H](OCc2ccccc2)O[C@@H]2CO[C@@H](c3ccccc3)O[C@H]2[C@H]1OP(c1cc(C)cc(C)c1)c1cc(C)cc(C)c1. The molecule has 1 amide bonds. The van der Waals surface area contributed by atoms with E-state index in [1.165, 1.54) is 6.92 Å². The molecule has 240 valence electrons. The number of amides is 1. The lowest BCUT2D eigenvalue weighted by molar-refractivity contribution is -0.342. The molecular formula is C38H42NO6P. The second kappa shape index (κ2) is 14.6. The maximum atomic E-state index is 12.8. The molecule has 4 aromatic rings. The molecule has 7 nitrogen and oxygen atoms in total. The predicted octanol–water partition coefficient (Wildman–Crippen LogP) is 6.21. The molecule has 8 heteroatoms. The van der Waals surface area contributed by atoms with E-state index in [0.717, 1.165) is 44.0 Å². The fraction of sp³-hybridized carbons (Fsp3) is 0.342. The van der Waals surface area contributed by atoms with Crippen molar-refractivity contribution in [2.75, 3.05) is 6.61 Å². The number of nitrogens with one attached hydrogen (secondary N) is 1. The first-order valence-corrected chi connectivity index (χ1v) is 17.0. The maximum Gasteiger partial charge on any atom is 0.217 e. The number of ether oxygens (including phenoxy) is 4. The second-order valence-corrected chi connectivity index (χ2v) is 14.1. The lowest BCUT2D eigenvalue weighted by Crippen LogP contribution is -2.67. The molecule has 4 aromatic carbocycles. The van der Waals surface area contributed by atoms with Crippen LogP contribution < -0.4 is 15.9 Å². The summed E-state index contributed by atoms with van der Waals surface area (Å²) in [6.07, 6.45) is -3.05. The summed E-state index contributed by atoms with van der Waals surface area (Å²) in [7, 11) is -1.35. The molecule has 2 aliphatic rings. The minimum atomic E-state index is -1.35. The molecule has 2 saturated heterocycles. The van der Waals surface area contributed by atoms with Gasteiger partial charge in [0.15, 0.2) is 12.6 Å². The van der Waals surface area contributed by atoms with E-state index in [9.17, 15) is 4.79 Å². The van der Waals surface area contributed by atoms with Gasteiger partial charge >= 0.3 is 0 Å². The molecule has 0 aromatic heterocycles. The van der Waals surface area contributed by atoms with Crippen LogP contribution in [0.1, 0.15) is 46.6 Å². The van der Waals surface area contributed by atoms with Crippen molar-refractivity contribution in [3.63, 3.8) is 0 Å². The fourth-order valence-corrected chi connectivity index (χ4v) is 8.61. The van der Waals surface area contributed by atoms with E-state index >= 15 is 0 Å². The zero-order valence-corrected chi connectivity index (χ0v) is 27.9. The molecular weight excluding hydrogens is 597 g/mol. The van der Waals surface area contributed by atoms with Crippen LogP contribution in [0, 0.1) is 27.7 Å². The average Bonchev–Trinajstić information content (AvgIpc) is 3.03. The van der Waals surface area contributed by atoms with Crippen molar-refractivity contribution in [1.29, 1.82) is 0 Å². The van der Waals surface area contributed by atoms with E-state index in [4.69, 9.17) is 23.5 Å². The van der Waals surface area contributed by atoms with Crippen LogP contribution in [-0.2, 0) is 34.9 Å². The summed E-state index contributed by atoms with van der Waals surface area (Å²) in [5.74, 6) is -0.206. The van der Waals surface area contributed by atoms with Gasteiger partial charge in [0.05, 0.1) is 21.4 Å². The predicted molar refractivity (Wildman–Crippen MR) is 180 cm³/mol. The molecule has 0 saturated carbocycles. The number of hydrogen-bond acceptors (Lipinski definition) is 6. The number of benzene rings is 4. The van der Waals surface area contributed by atoms with Crippen molar-refractivity contribution in [2.24, 2.45) is 0 Å². The van der Waals surface area contributed by atoms with Gasteiger partial charge in [-0.05, 0) is 57.5 Å². The topological polar surface area (TPSA) is 75.3 Å². The molecule has 6 atom stereocenters. The monoisotopic (exact) mass is 639 g/mol. The lowest BCUT2D eigenvalue weighted by atomic mass is 9.95. The van der Waals surface area contributed by atoms with Crippen molar-refractivity contribution in [1.82, 2.24) is 5.32 Å². The summed E-state index contributed by atoms with van der Waals surface area (Å²) in [4.78, 5) is 12.8. The highest BCUT2D eigenvalue weighted by atomic mass is 31.1. The first-order valence-electron chi connectivity index (χ1n) is 15.8. The number of fused-ring (bicyclic) bond motifs is 1. The van der Waals surface area contributed by atoms with Gasteiger partial charge in [-0.2, -0.15) is 0 Å². The summed E-state index contributed by atoms with van der Waals surface area (Å²) in [6.45, 7) is 10.5. The van der Waals surface area contributed by atoms with Gasteiger partial charge in [0, 0.05) is 23.1 Å². The van der Waals surface area contributed by atoms with Gasteiger partial charge < -0.3 is 28.8 Å². The Balaban J connectivity index is 1.42. The second-order valence-electron chi connectivity index (χ2n) is 12.3. The van der Waals surface area contributed by atoms with Crippen LogP contribution in [-0.4, -0.2) is 43.2 Å². The number of carbonyl (C=O) groups excluding carboxylic acids is 1. The zero-order chi connectivity index (χ0) is 32.2. The Labute approximate surface area is 273 Å². The number of carbonyl (C=O) groups is 1. The molecule has 0 unspecified atom stereocenters. The molecule has 0 aliphatic carbocycles. The van der Waals surface area contributed by atoms with Crippen LogP contribution >= 0.6 is 8.15 Å². The Kier molecular flexibility index (Phi) is 10.3. The van der Waals surface area contributed by atoms with Crippen LogP contribution in [0.3, 0.4) is 0 Å². The van der Waals surface area contributed by atoms with Crippen LogP contribution in [0.2, 0.25) is 0 Å². The van der Waals surface area contributed by atoms with Crippen molar-refractivity contribution in [3.8, 4) is 0 Å². The Morgan fingerprint density at radius 2 is 1.37 bits per heavy atom. The van der Waals surface area contributed by atoms with Crippen molar-refractivity contribution in [3.05, 3.63) is 130 Å². The minimum absolute atomic E-state index is 0.206. The average molecular weight is 640 g/mol. The Hall–Kier alpha value is -3.42. The van der Waals surface area contributed by atoms with Gasteiger partial charge in [0.2, 0.25) is 5.91 Å². The van der Waals surface area contributed by atoms with Crippen LogP contribution in [0.25, 0.3) is 0 Å². The standard InChI is InChI=1S/C38H42NO6P/c1-24-16-25(2)19-31(18-24)46(32-20-26(3)17-27(4)21-32)45-36-34(39-28(5)40)38(41-22-29-12-8-6-9-13-29)43-33-23-42-37(44-35(33)36)30-14-10-7-11-15-30/h6-21,33-38H,22-23H2,1-5H3,(H,39,40)/t33-,34-,35-,36+,37-,38+/m1/s1. The maximum absolute atomic E-state index is 12.8. The van der Waals surface area contributed by atoms with Crippen LogP contribution in [0.15, 0.2) is 97.1 Å². The summed E-state index contributed by atoms with van der Waals surface area (Å²) >= 11 is 0. The third kappa shape index (κ3) is 7.75. The van der Waals surface area contributed by atoms with E-state index in [1.54, 1.807) is 0 Å². The lowest BCUT2D eigenvalue weighted by Gasteiger charge is -2.50. The van der Waals surface area contributed by atoms with Gasteiger partial charge in [-0.25, -0.2) is 0 Å². The van der Waals surface area contributed by atoms with E-state index in [-0.39, 0.29) is 12.5 Å². The summed E-state index contributed by atoms with van der Waals surface area (Å²) in [5, 5.41) is 5.32. The van der Waals surface area contributed by atoms with Gasteiger partial charge in [-0.1, -0.05) is 95.1 Å². The molecule has 2 aliphatic heterocycles. The van der Waals surface area contributed by atoms with E-state index < -0.39 is 45.1 Å². The third-order valence-electron chi connectivity index (χ3n) is 8.15. The number of rotatable bonds is 9. The number of aryl methyl sites for hydroxylation is 4. The molecule has 46 heavy (non-hydrogen) atoms. The van der Waals surface area contributed by atoms with Crippen molar-refractivity contribution < 1.29 is 28.3 Å². The summed E-state index contributed by atoms with van der Waals surface area (Å²) < 4.78 is 33.2. The summed E-state index contributed by atoms with van der Waals surface area (Å²) in [5.41, 5.74) is 6.55. The van der Waals surface area contributed by atoms with Crippen molar-refractivity contribution >= 4 is 24.7 Å². The number of hydrogen-bond donors (Lipinski definition) is 1. The van der Waals surface area contributed by atoms with E-state index in [2.05, 4.69) is 69.4 Å². The molecule has 2 fully saturated rings. The normalized spacial score (nSPS) is 24.4. The van der Waals surface area contributed by atoms with Crippen LogP contribution in [0.5, 0.6) is 0 Å². The van der Waals surface area contributed by atoms with Crippen molar-refractivity contribution in [2.45, 2.75) is 78.2 Å². The Morgan fingerprint density at radius 3 is 1.93 bits per heavy atom. The molecule has 6 rings (SSSR count). The Bertz CT molecular complexity index is 1540. The first kappa shape index (κ1) is 32.5. The fourth-order valence-electron chi connectivity index (χ4n) is 6.29. The smallest absolute Gasteiger partial charge is 0.217 e. The van der Waals surface area contributed by atoms with Gasteiger partial charge in [-0.3, -0.25) is 4.79 Å². The zero-order valence-electron chi connectivity index (χ0n) is 27.0. The van der Waals surface area contributed by atoms with Gasteiger partial charge in [0.1, 0.15) is 24.4 Å². The highest BCUT2D eigenvalue weighted by Gasteiger charge is 2.52.